The van der Waals surface area contributed by atoms with Gasteiger partial charge < -0.3 is 82.3 Å². The molecule has 17 rings (SSSR count). The van der Waals surface area contributed by atoms with Crippen LogP contribution in [-0.4, -0.2) is 204 Å². The second kappa shape index (κ2) is 44.2. The molecule has 8 heterocycles. The number of carbonyl (C=O) groups excluding carboxylic acids is 8. The summed E-state index contributed by atoms with van der Waals surface area (Å²) in [4.78, 5) is 126. The SMILES string of the molecule is COc1ccc(C2C(=C(O)C3=CC=CC3)C(=O)C(=O)N2CCCn2ccnc2)c(OC)c1.COc1ccc(OC)c(C2C(=C(O)c3ccccc3)C(=O)C(=O)N2CCCn2ccnc2)c1.COc1cccc(C2C(=C(O)c3ccc(C)cc3)C(=O)C(=O)N2CCCN2CCOCC2)c1.Cc1ccc(C(O)=C2C(=O)C(=O)N(Cc3cccnc3)C2c2cccc(Oc3ccccc3)c2)cc1. The molecule has 29 heteroatoms. The molecule has 0 saturated carbocycles. The number of morpholine rings is 1. The van der Waals surface area contributed by atoms with Crippen LogP contribution in [0.3, 0.4) is 0 Å². The summed E-state index contributed by atoms with van der Waals surface area (Å²) >= 11 is 0. The van der Waals surface area contributed by atoms with E-state index >= 15 is 0 Å². The minimum absolute atomic E-state index is 0.0281. The minimum Gasteiger partial charge on any atom is -0.507 e. The summed E-state index contributed by atoms with van der Waals surface area (Å²) in [7, 11) is 7.71. The normalized spacial score (nSPS) is 18.6. The predicted octanol–water partition coefficient (Wildman–Crippen LogP) is 15.5. The van der Waals surface area contributed by atoms with Gasteiger partial charge in [-0.15, -0.1) is 0 Å². The molecule has 134 heavy (non-hydrogen) atoms. The molecule has 0 spiro atoms. The van der Waals surface area contributed by atoms with E-state index in [1.807, 2.05) is 157 Å². The van der Waals surface area contributed by atoms with Crippen LogP contribution in [0.5, 0.6) is 40.2 Å². The van der Waals surface area contributed by atoms with Crippen molar-refractivity contribution in [1.29, 1.82) is 0 Å². The van der Waals surface area contributed by atoms with Crippen molar-refractivity contribution >= 4 is 64.0 Å². The van der Waals surface area contributed by atoms with E-state index in [1.165, 1.54) is 36.0 Å². The summed E-state index contributed by atoms with van der Waals surface area (Å²) in [6.45, 7) is 10.3. The van der Waals surface area contributed by atoms with Gasteiger partial charge >= 0.3 is 0 Å². The number of Topliss-reactive ketones (excluding diaryl/α,β-unsaturated/α-hetero) is 4. The lowest BCUT2D eigenvalue weighted by Gasteiger charge is -2.29. The number of aliphatic hydroxyl groups excluding tert-OH is 4. The van der Waals surface area contributed by atoms with Crippen LogP contribution in [0, 0.1) is 13.8 Å². The van der Waals surface area contributed by atoms with Crippen LogP contribution < -0.4 is 28.4 Å². The van der Waals surface area contributed by atoms with E-state index in [0.717, 1.165) is 48.3 Å². The zero-order valence-electron chi connectivity index (χ0n) is 75.3. The van der Waals surface area contributed by atoms with Crippen LogP contribution >= 0.6 is 0 Å². The molecule has 8 aromatic carbocycles. The van der Waals surface area contributed by atoms with E-state index in [4.69, 9.17) is 33.2 Å². The van der Waals surface area contributed by atoms with E-state index in [9.17, 15) is 58.8 Å². The summed E-state index contributed by atoms with van der Waals surface area (Å²) in [5.41, 5.74) is 7.72. The van der Waals surface area contributed by atoms with E-state index < -0.39 is 70.9 Å². The topological polar surface area (TPSA) is 347 Å². The first-order valence-electron chi connectivity index (χ1n) is 43.8. The van der Waals surface area contributed by atoms with Gasteiger partial charge in [0.2, 0.25) is 0 Å². The van der Waals surface area contributed by atoms with Crippen LogP contribution in [0.4, 0.5) is 0 Å². The van der Waals surface area contributed by atoms with E-state index in [2.05, 4.69) is 19.9 Å². The number of allylic oxidation sites excluding steroid dienone is 4. The maximum absolute atomic E-state index is 13.3. The number of aliphatic hydroxyl groups is 4. The molecule has 11 aromatic rings. The van der Waals surface area contributed by atoms with Gasteiger partial charge in [-0.1, -0.05) is 157 Å². The lowest BCUT2D eigenvalue weighted by Crippen LogP contribution is -2.38. The summed E-state index contributed by atoms with van der Waals surface area (Å²) < 4.78 is 42.4. The number of ether oxygens (including phenoxy) is 7. The molecule has 4 unspecified atom stereocenters. The predicted molar refractivity (Wildman–Crippen MR) is 500 cm³/mol. The van der Waals surface area contributed by atoms with Crippen molar-refractivity contribution in [1.82, 2.24) is 48.6 Å². The number of ketones is 4. The zero-order chi connectivity index (χ0) is 94.5. The van der Waals surface area contributed by atoms with Crippen molar-refractivity contribution in [3.05, 3.63) is 364 Å². The van der Waals surface area contributed by atoms with Gasteiger partial charge in [-0.25, -0.2) is 9.97 Å². The van der Waals surface area contributed by atoms with Gasteiger partial charge in [-0.05, 0) is 135 Å². The molecule has 6 aliphatic rings. The maximum atomic E-state index is 13.3. The molecular weight excluding hydrogens is 1710 g/mol. The molecule has 0 radical (unpaired) electrons. The number of carbonyl (C=O) groups is 8. The largest absolute Gasteiger partial charge is 0.507 e. The van der Waals surface area contributed by atoms with Gasteiger partial charge in [0.15, 0.2) is 0 Å². The number of benzene rings is 8. The molecule has 3 aromatic heterocycles. The Morgan fingerprint density at radius 3 is 1.36 bits per heavy atom. The van der Waals surface area contributed by atoms with Crippen molar-refractivity contribution in [3.8, 4) is 40.2 Å². The second-order valence-corrected chi connectivity index (χ2v) is 32.3. The van der Waals surface area contributed by atoms with Crippen molar-refractivity contribution in [2.45, 2.75) is 83.3 Å². The number of aromatic nitrogens is 5. The second-order valence-electron chi connectivity index (χ2n) is 32.3. The van der Waals surface area contributed by atoms with Crippen LogP contribution in [0.25, 0.3) is 17.3 Å². The number of amides is 4. The fourth-order valence-electron chi connectivity index (χ4n) is 16.9. The molecular formula is C105H104N10O19. The Balaban J connectivity index is 0.000000143. The Kier molecular flexibility index (Phi) is 31.2. The highest BCUT2D eigenvalue weighted by Gasteiger charge is 2.51. The number of nitrogens with zero attached hydrogens (tertiary/aromatic N) is 10. The molecule has 29 nitrogen and oxygen atoms in total. The average Bonchev–Trinajstić information content (AvgIpc) is 1.62. The van der Waals surface area contributed by atoms with Gasteiger partial charge in [0.05, 0.1) is 108 Å². The third-order valence-corrected chi connectivity index (χ3v) is 23.8. The highest BCUT2D eigenvalue weighted by Crippen LogP contribution is 2.48. The number of hydrogen-bond acceptors (Lipinski definition) is 23. The van der Waals surface area contributed by atoms with Crippen LogP contribution in [0.1, 0.15) is 105 Å². The highest BCUT2D eigenvalue weighted by molar-refractivity contribution is 6.48. The summed E-state index contributed by atoms with van der Waals surface area (Å²) in [5.74, 6) is -2.14. The molecule has 1 aliphatic carbocycles. The highest BCUT2D eigenvalue weighted by atomic mass is 16.5. The quantitative estimate of drug-likeness (QED) is 0.0192. The smallest absolute Gasteiger partial charge is 0.295 e. The Hall–Kier alpha value is -15.8. The monoisotopic (exact) mass is 1810 g/mol. The van der Waals surface area contributed by atoms with Gasteiger partial charge in [0, 0.05) is 130 Å². The number of hydrogen-bond donors (Lipinski definition) is 4. The summed E-state index contributed by atoms with van der Waals surface area (Å²) in [6.07, 6.45) is 21.7. The molecule has 4 atom stereocenters. The lowest BCUT2D eigenvalue weighted by molar-refractivity contribution is -0.140. The standard InChI is InChI=1S/C30H24N2O4.C26H30N2O5.C25H25N3O5.C24H25N3O5/c1-20-12-14-22(15-13-20)28(33)26-27(32(30(35)29(26)34)19-21-7-6-16-31-18-21)23-8-5-11-25(17-23)36-24-9-3-2-4-10-24;1-18-7-9-19(10-8-18)24(29)22-23(20-5-3-6-21(17-20)32-2)28(26(31)25(22)30)12-4-11-27-13-15-33-16-14-27;1-32-18-9-10-20(33-2)19(15-18)22-21(23(29)17-7-4-3-5-8-17)24(30)25(31)28(22)13-6-12-27-14-11-26-16-27;1-31-17-8-9-18(19(14-17)32-2)21-20(22(28)16-6-3-4-7-16)23(29)24(30)27(21)12-5-11-26-13-10-25-15-26/h2-18,27,33H,19H2,1H3;3,5-10,17,23,29H,4,11-16H2,1-2H3;3-5,7-11,14-16,22,29H,6,12-13H2,1-2H3;3-4,6,8-10,13-15,21,28H,5,7,11-12H2,1-2H3. The average molecular weight is 1810 g/mol. The fourth-order valence-corrected chi connectivity index (χ4v) is 16.9. The van der Waals surface area contributed by atoms with Crippen LogP contribution in [-0.2, 0) is 62.7 Å². The van der Waals surface area contributed by atoms with Crippen LogP contribution in [0.2, 0.25) is 0 Å². The molecule has 5 fully saturated rings. The first-order valence-corrected chi connectivity index (χ1v) is 43.8. The number of aryl methyl sites for hydroxylation is 4. The third-order valence-electron chi connectivity index (χ3n) is 23.8. The first-order chi connectivity index (χ1) is 65.1. The molecule has 5 aliphatic heterocycles. The fraction of sp³-hybridized carbons (Fsp3) is 0.248. The Morgan fingerprint density at radius 1 is 0.396 bits per heavy atom. The summed E-state index contributed by atoms with van der Waals surface area (Å²) in [5, 5.41) is 44.5. The van der Waals surface area contributed by atoms with Gasteiger partial charge in [0.25, 0.3) is 46.8 Å². The molecule has 4 N–H and O–H groups in total. The number of imidazole rings is 2. The van der Waals surface area contributed by atoms with E-state index in [0.29, 0.717) is 144 Å². The van der Waals surface area contributed by atoms with Gasteiger partial charge in [-0.3, -0.25) is 48.2 Å². The first kappa shape index (κ1) is 94.4. The lowest BCUT2D eigenvalue weighted by atomic mass is 9.94. The Bertz CT molecular complexity index is 6270. The third kappa shape index (κ3) is 21.6. The number of likely N-dealkylation sites (tertiary alicyclic amines) is 4. The Morgan fingerprint density at radius 2 is 0.851 bits per heavy atom. The number of para-hydroxylation sites is 1. The minimum atomic E-state index is -0.821. The maximum Gasteiger partial charge on any atom is 0.295 e. The molecule has 0 bridgehead atoms. The van der Waals surface area contributed by atoms with Crippen molar-refractivity contribution in [2.75, 3.05) is 88.0 Å². The van der Waals surface area contributed by atoms with Crippen molar-refractivity contribution in [3.63, 3.8) is 0 Å². The summed E-state index contributed by atoms with van der Waals surface area (Å²) in [6, 6.07) is 58.1. The van der Waals surface area contributed by atoms with E-state index in [1.54, 1.807) is 160 Å². The molecule has 5 saturated heterocycles. The van der Waals surface area contributed by atoms with Crippen molar-refractivity contribution in [2.24, 2.45) is 0 Å². The number of methoxy groups -OCH3 is 5. The molecule has 688 valence electrons. The zero-order valence-corrected chi connectivity index (χ0v) is 75.3. The molecule has 4 amide bonds. The number of pyridine rings is 1. The van der Waals surface area contributed by atoms with Gasteiger partial charge in [-0.2, -0.15) is 0 Å². The Labute approximate surface area is 775 Å². The van der Waals surface area contributed by atoms with Gasteiger partial charge in [0.1, 0.15) is 63.3 Å². The number of rotatable bonds is 29. The van der Waals surface area contributed by atoms with E-state index in [-0.39, 0.29) is 51.9 Å². The van der Waals surface area contributed by atoms with Crippen molar-refractivity contribution < 1.29 is 91.9 Å². The van der Waals surface area contributed by atoms with Crippen LogP contribution in [0.15, 0.2) is 308 Å².